The third-order valence-electron chi connectivity index (χ3n) is 3.68. The van der Waals surface area contributed by atoms with Crippen LogP contribution in [-0.4, -0.2) is 31.5 Å². The van der Waals surface area contributed by atoms with E-state index in [1.54, 1.807) is 49.4 Å². The summed E-state index contributed by atoms with van der Waals surface area (Å²) in [6.45, 7) is 5.61. The number of carbonyl (C=O) groups excluding carboxylic acids is 2. The number of nitrogens with one attached hydrogen (secondary N) is 1. The maximum Gasteiger partial charge on any atom is 0.265 e. The molecule has 2 aromatic carbocycles. The molecule has 0 aliphatic heterocycles. The molecule has 0 bridgehead atoms. The molecule has 0 radical (unpaired) electrons. The van der Waals surface area contributed by atoms with Crippen molar-refractivity contribution in [3.05, 3.63) is 48.0 Å². The Morgan fingerprint density at radius 1 is 1.08 bits per heavy atom. The molecular formula is C20H23NO5. The molecule has 0 unspecified atom stereocenters. The summed E-state index contributed by atoms with van der Waals surface area (Å²) in [7, 11) is 1.48. The fourth-order valence-electron chi connectivity index (χ4n) is 2.27. The van der Waals surface area contributed by atoms with Crippen LogP contribution in [0.2, 0.25) is 0 Å². The van der Waals surface area contributed by atoms with Crippen LogP contribution < -0.4 is 19.5 Å². The Bertz CT molecular complexity index is 770. The molecule has 26 heavy (non-hydrogen) atoms. The first-order chi connectivity index (χ1) is 12.4. The number of ether oxygens (including phenoxy) is 3. The first kappa shape index (κ1) is 19.3. The highest BCUT2D eigenvalue weighted by atomic mass is 16.5. The average molecular weight is 357 g/mol. The number of anilines is 1. The maximum atomic E-state index is 12.3. The van der Waals surface area contributed by atoms with E-state index in [1.807, 2.05) is 6.92 Å². The molecule has 2 rings (SSSR count). The molecule has 6 nitrogen and oxygen atoms in total. The van der Waals surface area contributed by atoms with Crippen LogP contribution in [0.4, 0.5) is 5.69 Å². The van der Waals surface area contributed by atoms with Crippen molar-refractivity contribution in [3.8, 4) is 17.2 Å². The highest BCUT2D eigenvalue weighted by molar-refractivity contribution is 5.95. The van der Waals surface area contributed by atoms with Gasteiger partial charge in [0.25, 0.3) is 5.91 Å². The molecule has 0 aromatic heterocycles. The number of benzene rings is 2. The van der Waals surface area contributed by atoms with Gasteiger partial charge in [0, 0.05) is 11.3 Å². The number of methoxy groups -OCH3 is 1. The van der Waals surface area contributed by atoms with Gasteiger partial charge in [-0.2, -0.15) is 0 Å². The lowest BCUT2D eigenvalue weighted by molar-refractivity contribution is -0.122. The summed E-state index contributed by atoms with van der Waals surface area (Å²) in [5.74, 6) is 1.17. The molecular weight excluding hydrogens is 334 g/mol. The van der Waals surface area contributed by atoms with E-state index in [0.29, 0.717) is 29.4 Å². The van der Waals surface area contributed by atoms with Crippen LogP contribution in [0.15, 0.2) is 42.5 Å². The molecule has 0 aliphatic rings. The summed E-state index contributed by atoms with van der Waals surface area (Å²) in [6, 6.07) is 11.9. The number of hydrogen-bond acceptors (Lipinski definition) is 5. The van der Waals surface area contributed by atoms with Gasteiger partial charge in [-0.25, -0.2) is 0 Å². The van der Waals surface area contributed by atoms with E-state index in [1.165, 1.54) is 14.0 Å². The second-order valence-electron chi connectivity index (χ2n) is 5.63. The zero-order valence-electron chi connectivity index (χ0n) is 15.4. The van der Waals surface area contributed by atoms with Crippen LogP contribution in [0.1, 0.15) is 31.1 Å². The zero-order valence-corrected chi connectivity index (χ0v) is 15.4. The predicted molar refractivity (Wildman–Crippen MR) is 99.3 cm³/mol. The lowest BCUT2D eigenvalue weighted by Gasteiger charge is -2.17. The van der Waals surface area contributed by atoms with Crippen LogP contribution in [0.3, 0.4) is 0 Å². The van der Waals surface area contributed by atoms with Crippen LogP contribution in [0.25, 0.3) is 0 Å². The number of hydrogen-bond donors (Lipinski definition) is 1. The summed E-state index contributed by atoms with van der Waals surface area (Å²) in [5, 5.41) is 2.78. The van der Waals surface area contributed by atoms with Crippen molar-refractivity contribution < 1.29 is 23.8 Å². The molecule has 1 atom stereocenters. The topological polar surface area (TPSA) is 73.9 Å². The van der Waals surface area contributed by atoms with Gasteiger partial charge >= 0.3 is 0 Å². The van der Waals surface area contributed by atoms with Gasteiger partial charge in [0.15, 0.2) is 23.4 Å². The Hall–Kier alpha value is -3.02. The van der Waals surface area contributed by atoms with Crippen LogP contribution in [0, 0.1) is 0 Å². The van der Waals surface area contributed by atoms with E-state index < -0.39 is 6.10 Å². The van der Waals surface area contributed by atoms with E-state index in [4.69, 9.17) is 14.2 Å². The third kappa shape index (κ3) is 4.99. The second kappa shape index (κ2) is 8.89. The minimum Gasteiger partial charge on any atom is -0.494 e. The van der Waals surface area contributed by atoms with Gasteiger partial charge in [0.2, 0.25) is 0 Å². The maximum absolute atomic E-state index is 12.3. The Balaban J connectivity index is 2.03. The Morgan fingerprint density at radius 3 is 2.35 bits per heavy atom. The fraction of sp³-hybridized carbons (Fsp3) is 0.300. The second-order valence-corrected chi connectivity index (χ2v) is 5.63. The highest BCUT2D eigenvalue weighted by Gasteiger charge is 2.18. The van der Waals surface area contributed by atoms with Crippen molar-refractivity contribution in [2.75, 3.05) is 19.0 Å². The summed E-state index contributed by atoms with van der Waals surface area (Å²) < 4.78 is 16.3. The van der Waals surface area contributed by atoms with Gasteiger partial charge in [0.1, 0.15) is 5.75 Å². The van der Waals surface area contributed by atoms with Crippen molar-refractivity contribution in [2.45, 2.75) is 26.9 Å². The van der Waals surface area contributed by atoms with E-state index in [9.17, 15) is 9.59 Å². The molecule has 6 heteroatoms. The number of rotatable bonds is 8. The number of Topliss-reactive ketones (excluding diaryl/α,β-unsaturated/α-hetero) is 1. The first-order valence-electron chi connectivity index (χ1n) is 8.34. The van der Waals surface area contributed by atoms with E-state index in [0.717, 1.165) is 5.75 Å². The molecule has 0 saturated heterocycles. The monoisotopic (exact) mass is 357 g/mol. The van der Waals surface area contributed by atoms with Crippen molar-refractivity contribution in [2.24, 2.45) is 0 Å². The van der Waals surface area contributed by atoms with Crippen LogP contribution in [-0.2, 0) is 4.79 Å². The molecule has 0 spiro atoms. The Kier molecular flexibility index (Phi) is 6.60. The van der Waals surface area contributed by atoms with E-state index >= 15 is 0 Å². The minimum atomic E-state index is -0.751. The summed E-state index contributed by atoms with van der Waals surface area (Å²) in [5.41, 5.74) is 1.16. The van der Waals surface area contributed by atoms with Gasteiger partial charge in [0.05, 0.1) is 13.7 Å². The lowest BCUT2D eigenvalue weighted by Crippen LogP contribution is -2.30. The first-order valence-corrected chi connectivity index (χ1v) is 8.34. The van der Waals surface area contributed by atoms with Gasteiger partial charge in [-0.3, -0.25) is 9.59 Å². The summed E-state index contributed by atoms with van der Waals surface area (Å²) in [4.78, 5) is 23.8. The van der Waals surface area contributed by atoms with Crippen molar-refractivity contribution >= 4 is 17.4 Å². The Morgan fingerprint density at radius 2 is 1.77 bits per heavy atom. The molecule has 0 heterocycles. The minimum absolute atomic E-state index is 0.0730. The third-order valence-corrected chi connectivity index (χ3v) is 3.68. The average Bonchev–Trinajstić information content (AvgIpc) is 2.63. The van der Waals surface area contributed by atoms with Gasteiger partial charge in [-0.15, -0.1) is 0 Å². The normalized spacial score (nSPS) is 11.4. The molecule has 0 saturated carbocycles. The van der Waals surface area contributed by atoms with Gasteiger partial charge in [-0.05, 0) is 63.2 Å². The van der Waals surface area contributed by atoms with E-state index in [-0.39, 0.29) is 11.7 Å². The molecule has 1 N–H and O–H groups in total. The standard InChI is InChI=1S/C20H23NO5/c1-5-25-17-9-7-16(8-10-17)21-20(23)14(3)26-18-11-6-15(13(2)22)12-19(18)24-4/h6-12,14H,5H2,1-4H3,(H,21,23)/t14-/m1/s1. The fourth-order valence-corrected chi connectivity index (χ4v) is 2.27. The predicted octanol–water partition coefficient (Wildman–Crippen LogP) is 3.70. The van der Waals surface area contributed by atoms with Crippen molar-refractivity contribution in [1.29, 1.82) is 0 Å². The number of ketones is 1. The van der Waals surface area contributed by atoms with Crippen molar-refractivity contribution in [1.82, 2.24) is 0 Å². The van der Waals surface area contributed by atoms with E-state index in [2.05, 4.69) is 5.32 Å². The number of carbonyl (C=O) groups is 2. The largest absolute Gasteiger partial charge is 0.494 e. The molecule has 1 amide bonds. The molecule has 138 valence electrons. The Labute approximate surface area is 153 Å². The van der Waals surface area contributed by atoms with Crippen LogP contribution in [0.5, 0.6) is 17.2 Å². The van der Waals surface area contributed by atoms with Crippen molar-refractivity contribution in [3.63, 3.8) is 0 Å². The SMILES string of the molecule is CCOc1ccc(NC(=O)[C@@H](C)Oc2ccc(C(C)=O)cc2OC)cc1. The summed E-state index contributed by atoms with van der Waals surface area (Å²) >= 11 is 0. The zero-order chi connectivity index (χ0) is 19.1. The highest BCUT2D eigenvalue weighted by Crippen LogP contribution is 2.29. The quantitative estimate of drug-likeness (QED) is 0.729. The molecule has 0 aliphatic carbocycles. The molecule has 0 fully saturated rings. The number of amides is 1. The smallest absolute Gasteiger partial charge is 0.265 e. The van der Waals surface area contributed by atoms with Gasteiger partial charge < -0.3 is 19.5 Å². The molecule has 2 aromatic rings. The lowest BCUT2D eigenvalue weighted by atomic mass is 10.1. The summed E-state index contributed by atoms with van der Waals surface area (Å²) in [6.07, 6.45) is -0.751. The van der Waals surface area contributed by atoms with Gasteiger partial charge in [-0.1, -0.05) is 0 Å². The van der Waals surface area contributed by atoms with Crippen LogP contribution >= 0.6 is 0 Å².